The quantitative estimate of drug-likeness (QED) is 0.286. The zero-order valence-electron chi connectivity index (χ0n) is 28.0. The summed E-state index contributed by atoms with van der Waals surface area (Å²) >= 11 is 12.5. The number of hydrogen-bond acceptors (Lipinski definition) is 6. The smallest absolute Gasteiger partial charge is 0.411 e. The third kappa shape index (κ3) is 9.46. The number of amides is 3. The minimum Gasteiger partial charge on any atom is -0.444 e. The van der Waals surface area contributed by atoms with Crippen LogP contribution in [-0.2, 0) is 43.7 Å². The number of carbonyl (C=O) groups excluding carboxylic acids is 3. The van der Waals surface area contributed by atoms with Gasteiger partial charge in [0.05, 0.1) is 28.5 Å². The van der Waals surface area contributed by atoms with E-state index in [0.717, 1.165) is 22.9 Å². The zero-order chi connectivity index (χ0) is 35.5. The van der Waals surface area contributed by atoms with Gasteiger partial charge in [-0.3, -0.25) is 19.2 Å². The van der Waals surface area contributed by atoms with E-state index in [2.05, 4.69) is 10.0 Å². The Labute approximate surface area is 298 Å². The molecule has 13 heteroatoms. The summed E-state index contributed by atoms with van der Waals surface area (Å²) in [7, 11) is -3.47. The maximum atomic E-state index is 14.2. The lowest BCUT2D eigenvalue weighted by atomic mass is 9.88. The van der Waals surface area contributed by atoms with Gasteiger partial charge < -0.3 is 15.0 Å². The van der Waals surface area contributed by atoms with E-state index in [1.807, 2.05) is 36.4 Å². The van der Waals surface area contributed by atoms with Gasteiger partial charge in [-0.1, -0.05) is 71.7 Å². The Hall–Kier alpha value is -3.80. The number of fused-ring (bicyclic) bond motifs is 1. The van der Waals surface area contributed by atoms with Crippen molar-refractivity contribution in [1.29, 1.82) is 0 Å². The first-order valence-electron chi connectivity index (χ1n) is 16.2. The van der Waals surface area contributed by atoms with Gasteiger partial charge in [-0.15, -0.1) is 0 Å². The summed E-state index contributed by atoms with van der Waals surface area (Å²) in [5.74, 6) is -0.697. The van der Waals surface area contributed by atoms with Crippen molar-refractivity contribution in [3.05, 3.63) is 99.0 Å². The molecule has 2 heterocycles. The number of rotatable bonds is 8. The number of likely N-dealkylation sites (tertiary alicyclic amines) is 1. The second kappa shape index (κ2) is 15.0. The number of piperidine rings is 1. The number of nitrogens with zero attached hydrogens (tertiary/aromatic N) is 2. The first kappa shape index (κ1) is 36.5. The van der Waals surface area contributed by atoms with Gasteiger partial charge in [-0.05, 0) is 80.0 Å². The second-order valence-corrected chi connectivity index (χ2v) is 16.2. The van der Waals surface area contributed by atoms with Crippen molar-refractivity contribution in [2.24, 2.45) is 0 Å². The Morgan fingerprint density at radius 2 is 1.59 bits per heavy atom. The Bertz CT molecular complexity index is 1820. The average Bonchev–Trinajstić information content (AvgIpc) is 3.04. The SMILES string of the molecule is CC(C)(C)OC(=O)N1Cc2ccccc2CC1C(=O)NC(Cc1ccc(Cl)c(Cl)c1)C(=O)N1CCC(c2ccccc2NS(C)(=O)=O)CC1. The highest BCUT2D eigenvalue weighted by atomic mass is 35.5. The minimum atomic E-state index is -3.47. The average molecular weight is 730 g/mol. The van der Waals surface area contributed by atoms with Gasteiger partial charge >= 0.3 is 6.09 Å². The molecule has 2 unspecified atom stereocenters. The second-order valence-electron chi connectivity index (χ2n) is 13.7. The number of benzene rings is 3. The Morgan fingerprint density at radius 1 is 0.939 bits per heavy atom. The molecule has 2 aliphatic rings. The molecule has 1 fully saturated rings. The highest BCUT2D eigenvalue weighted by Crippen LogP contribution is 2.34. The van der Waals surface area contributed by atoms with E-state index < -0.39 is 39.7 Å². The minimum absolute atomic E-state index is 0.0299. The van der Waals surface area contributed by atoms with Crippen LogP contribution in [0.1, 0.15) is 61.8 Å². The lowest BCUT2D eigenvalue weighted by Crippen LogP contribution is -2.58. The molecule has 2 N–H and O–H groups in total. The van der Waals surface area contributed by atoms with Crippen LogP contribution in [0.4, 0.5) is 10.5 Å². The molecule has 3 amide bonds. The molecule has 0 saturated carbocycles. The molecule has 2 aliphatic heterocycles. The van der Waals surface area contributed by atoms with Crippen molar-refractivity contribution < 1.29 is 27.5 Å². The summed E-state index contributed by atoms with van der Waals surface area (Å²) in [5.41, 5.74) is 3.22. The van der Waals surface area contributed by atoms with Gasteiger partial charge in [0.1, 0.15) is 17.7 Å². The summed E-state index contributed by atoms with van der Waals surface area (Å²) in [6, 6.07) is 18.2. The van der Waals surface area contributed by atoms with E-state index in [0.29, 0.717) is 47.2 Å². The molecule has 0 radical (unpaired) electrons. The summed E-state index contributed by atoms with van der Waals surface area (Å²) in [5, 5.41) is 3.70. The van der Waals surface area contributed by atoms with Gasteiger partial charge in [0.25, 0.3) is 0 Å². The van der Waals surface area contributed by atoms with Crippen LogP contribution < -0.4 is 10.0 Å². The zero-order valence-corrected chi connectivity index (χ0v) is 30.4. The Balaban J connectivity index is 1.37. The Morgan fingerprint density at radius 3 is 2.24 bits per heavy atom. The van der Waals surface area contributed by atoms with Crippen LogP contribution in [0.15, 0.2) is 66.7 Å². The van der Waals surface area contributed by atoms with Crippen molar-refractivity contribution in [3.8, 4) is 0 Å². The molecule has 2 atom stereocenters. The molecule has 5 rings (SSSR count). The van der Waals surface area contributed by atoms with Crippen LogP contribution in [0, 0.1) is 0 Å². The van der Waals surface area contributed by atoms with Crippen LogP contribution in [-0.4, -0.2) is 73.2 Å². The van der Waals surface area contributed by atoms with Gasteiger partial charge in [0, 0.05) is 25.9 Å². The largest absolute Gasteiger partial charge is 0.444 e. The Kier molecular flexibility index (Phi) is 11.2. The number of para-hydroxylation sites is 1. The molecule has 3 aromatic rings. The fraction of sp³-hybridized carbons (Fsp3) is 0.417. The highest BCUT2D eigenvalue weighted by Gasteiger charge is 2.39. The normalized spacial score (nSPS) is 17.6. The summed E-state index contributed by atoms with van der Waals surface area (Å²) in [4.78, 5) is 44.9. The van der Waals surface area contributed by atoms with Crippen molar-refractivity contribution in [2.45, 2.75) is 76.6 Å². The maximum Gasteiger partial charge on any atom is 0.411 e. The van der Waals surface area contributed by atoms with Crippen molar-refractivity contribution >= 4 is 56.8 Å². The van der Waals surface area contributed by atoms with E-state index in [9.17, 15) is 22.8 Å². The van der Waals surface area contributed by atoms with E-state index in [4.69, 9.17) is 27.9 Å². The summed E-state index contributed by atoms with van der Waals surface area (Å²) in [6.45, 7) is 6.32. The van der Waals surface area contributed by atoms with Crippen molar-refractivity contribution in [1.82, 2.24) is 15.1 Å². The van der Waals surface area contributed by atoms with Gasteiger partial charge in [0.2, 0.25) is 21.8 Å². The first-order valence-corrected chi connectivity index (χ1v) is 18.9. The van der Waals surface area contributed by atoms with Gasteiger partial charge in [-0.2, -0.15) is 0 Å². The first-order chi connectivity index (χ1) is 23.1. The third-order valence-corrected chi connectivity index (χ3v) is 10.0. The lowest BCUT2D eigenvalue weighted by molar-refractivity contribution is -0.138. The maximum absolute atomic E-state index is 14.2. The fourth-order valence-electron chi connectivity index (χ4n) is 6.42. The fourth-order valence-corrected chi connectivity index (χ4v) is 7.32. The predicted molar refractivity (Wildman–Crippen MR) is 191 cm³/mol. The van der Waals surface area contributed by atoms with Crippen LogP contribution in [0.25, 0.3) is 0 Å². The number of sulfonamides is 1. The number of anilines is 1. The van der Waals surface area contributed by atoms with Crippen molar-refractivity contribution in [3.63, 3.8) is 0 Å². The third-order valence-electron chi connectivity index (χ3n) is 8.72. The summed E-state index contributed by atoms with van der Waals surface area (Å²) < 4.78 is 32.3. The highest BCUT2D eigenvalue weighted by molar-refractivity contribution is 7.92. The van der Waals surface area contributed by atoms with E-state index >= 15 is 0 Å². The van der Waals surface area contributed by atoms with E-state index in [-0.39, 0.29) is 31.2 Å². The van der Waals surface area contributed by atoms with Crippen molar-refractivity contribution in [2.75, 3.05) is 24.1 Å². The predicted octanol–water partition coefficient (Wildman–Crippen LogP) is 6.16. The molecule has 0 bridgehead atoms. The topological polar surface area (TPSA) is 125 Å². The summed E-state index contributed by atoms with van der Waals surface area (Å²) in [6.07, 6.45) is 2.13. The number of ether oxygens (including phenoxy) is 1. The van der Waals surface area contributed by atoms with E-state index in [1.54, 1.807) is 56.0 Å². The number of nitrogens with one attached hydrogen (secondary N) is 2. The standard InChI is InChI=1S/C36H42Cl2N4O6S/c1-36(2,3)48-35(45)42-22-26-10-6-5-9-25(26)21-32(42)33(43)39-31(20-23-13-14-28(37)29(38)19-23)34(44)41-17-15-24(16-18-41)27-11-7-8-12-30(27)40-49(4,46)47/h5-14,19,24,31-32,40H,15-18,20-22H2,1-4H3,(H,39,43). The lowest BCUT2D eigenvalue weighted by Gasteiger charge is -2.38. The number of halogens is 2. The van der Waals surface area contributed by atoms with Crippen LogP contribution in [0.3, 0.4) is 0 Å². The molecule has 262 valence electrons. The van der Waals surface area contributed by atoms with Crippen LogP contribution in [0.2, 0.25) is 10.0 Å². The molecule has 49 heavy (non-hydrogen) atoms. The molecule has 0 aromatic heterocycles. The van der Waals surface area contributed by atoms with Crippen LogP contribution >= 0.6 is 23.2 Å². The number of carbonyl (C=O) groups is 3. The molecular formula is C36H42Cl2N4O6S. The molecule has 10 nitrogen and oxygen atoms in total. The molecule has 0 aliphatic carbocycles. The molecule has 0 spiro atoms. The van der Waals surface area contributed by atoms with Crippen LogP contribution in [0.5, 0.6) is 0 Å². The molecule has 3 aromatic carbocycles. The molecular weight excluding hydrogens is 687 g/mol. The molecule has 1 saturated heterocycles. The number of hydrogen-bond donors (Lipinski definition) is 2. The monoisotopic (exact) mass is 728 g/mol. The van der Waals surface area contributed by atoms with E-state index in [1.165, 1.54) is 4.90 Å². The van der Waals surface area contributed by atoms with Gasteiger partial charge in [0.15, 0.2) is 0 Å². The van der Waals surface area contributed by atoms with Gasteiger partial charge in [-0.25, -0.2) is 13.2 Å².